The molecule has 7 nitrogen and oxygen atoms in total. The number of aliphatic imine (C=N–C) groups is 1. The van der Waals surface area contributed by atoms with E-state index in [-0.39, 0.29) is 25.5 Å². The summed E-state index contributed by atoms with van der Waals surface area (Å²) in [5, 5.41) is 12.8. The van der Waals surface area contributed by atoms with Crippen LogP contribution in [0.15, 0.2) is 107 Å². The third-order valence-electron chi connectivity index (χ3n) is 7.19. The van der Waals surface area contributed by atoms with Gasteiger partial charge in [-0.25, -0.2) is 4.99 Å². The maximum absolute atomic E-state index is 14.4. The van der Waals surface area contributed by atoms with Gasteiger partial charge in [-0.3, -0.25) is 4.79 Å². The lowest BCUT2D eigenvalue weighted by atomic mass is 9.82. The zero-order valence-electron chi connectivity index (χ0n) is 23.6. The molecule has 0 unspecified atom stereocenters. The topological polar surface area (TPSA) is 89.4 Å². The molecule has 0 saturated heterocycles. The molecule has 222 valence electrons. The monoisotopic (exact) mass is 662 g/mol. The molecule has 0 bridgehead atoms. The van der Waals surface area contributed by atoms with Crippen molar-refractivity contribution in [2.75, 3.05) is 20.3 Å². The van der Waals surface area contributed by atoms with E-state index in [1.807, 2.05) is 91.0 Å². The van der Waals surface area contributed by atoms with E-state index in [0.717, 1.165) is 21.2 Å². The van der Waals surface area contributed by atoms with Crippen LogP contribution in [-0.2, 0) is 22.5 Å². The second-order valence-electron chi connectivity index (χ2n) is 10.1. The minimum Gasteiger partial charge on any atom is -0.497 e. The first-order chi connectivity index (χ1) is 20.9. The second kappa shape index (κ2) is 14.1. The van der Waals surface area contributed by atoms with Gasteiger partial charge in [-0.1, -0.05) is 70.0 Å². The molecule has 0 aromatic heterocycles. The Morgan fingerprint density at radius 2 is 1.81 bits per heavy atom. The van der Waals surface area contributed by atoms with Gasteiger partial charge in [0.15, 0.2) is 11.6 Å². The van der Waals surface area contributed by atoms with Gasteiger partial charge in [-0.2, -0.15) is 0 Å². The summed E-state index contributed by atoms with van der Waals surface area (Å²) in [6, 6.07) is 30.1. The highest BCUT2D eigenvalue weighted by Gasteiger charge is 2.53. The maximum atomic E-state index is 14.4. The minimum absolute atomic E-state index is 0.0629. The summed E-state index contributed by atoms with van der Waals surface area (Å²) >= 11 is 9.88. The number of ether oxygens (including phenoxy) is 3. The Morgan fingerprint density at radius 3 is 2.56 bits per heavy atom. The number of nitrogens with zero attached hydrogens (tertiary/aromatic N) is 1. The van der Waals surface area contributed by atoms with Crippen LogP contribution in [0, 0.1) is 0 Å². The Balaban J connectivity index is 1.58. The Kier molecular flexibility index (Phi) is 10.0. The molecule has 2 N–H and O–H groups in total. The molecule has 4 aromatic rings. The quantitative estimate of drug-likeness (QED) is 0.165. The Morgan fingerprint density at radius 1 is 1.02 bits per heavy atom. The standard InChI is InChI=1S/C34H32BrClN2O5/c1-41-29-11-5-9-25(20-29)31-34(21-26-8-2-3-12-30(26)35,33(40)37-22-23-7-4-10-27(36)19-23)38-32(43-31)24-13-15-28(16-14-24)42-18-6-17-39/h2-5,7-16,19-20,31,39H,6,17-18,21-22H2,1H3,(H,37,40)/t31-,34-/m1/s1. The molecular formula is C34H32BrClN2O5. The molecule has 2 atom stereocenters. The number of carbonyl (C=O) groups excluding carboxylic acids is 1. The lowest BCUT2D eigenvalue weighted by Crippen LogP contribution is -2.49. The van der Waals surface area contributed by atoms with Crippen LogP contribution in [0.5, 0.6) is 11.5 Å². The number of methoxy groups -OCH3 is 1. The fourth-order valence-corrected chi connectivity index (χ4v) is 5.64. The van der Waals surface area contributed by atoms with Crippen molar-refractivity contribution in [3.63, 3.8) is 0 Å². The van der Waals surface area contributed by atoms with Crippen molar-refractivity contribution in [2.24, 2.45) is 4.99 Å². The van der Waals surface area contributed by atoms with Crippen LogP contribution in [0.25, 0.3) is 0 Å². The van der Waals surface area contributed by atoms with Crippen LogP contribution in [0.2, 0.25) is 5.02 Å². The number of hydrogen-bond acceptors (Lipinski definition) is 6. The van der Waals surface area contributed by atoms with E-state index in [9.17, 15) is 4.79 Å². The molecule has 1 amide bonds. The highest BCUT2D eigenvalue weighted by molar-refractivity contribution is 9.10. The SMILES string of the molecule is COc1cccc([C@H]2OC(c3ccc(OCCCO)cc3)=N[C@@]2(Cc2ccccc2Br)C(=O)NCc2cccc(Cl)c2)c1. The lowest BCUT2D eigenvalue weighted by molar-refractivity contribution is -0.129. The van der Waals surface area contributed by atoms with E-state index >= 15 is 0 Å². The molecule has 5 rings (SSSR count). The fourth-order valence-electron chi connectivity index (χ4n) is 5.00. The summed E-state index contributed by atoms with van der Waals surface area (Å²) in [5.74, 6) is 1.38. The van der Waals surface area contributed by atoms with E-state index in [0.29, 0.717) is 41.0 Å². The van der Waals surface area contributed by atoms with Gasteiger partial charge in [0.05, 0.1) is 13.7 Å². The van der Waals surface area contributed by atoms with Crippen LogP contribution < -0.4 is 14.8 Å². The second-order valence-corrected chi connectivity index (χ2v) is 11.4. The fraction of sp³-hybridized carbons (Fsp3) is 0.235. The largest absolute Gasteiger partial charge is 0.497 e. The van der Waals surface area contributed by atoms with Crippen molar-refractivity contribution >= 4 is 39.3 Å². The number of carbonyl (C=O) groups is 1. The average molecular weight is 664 g/mol. The highest BCUT2D eigenvalue weighted by Crippen LogP contribution is 2.44. The molecule has 0 saturated carbocycles. The molecule has 1 aliphatic heterocycles. The Hall–Kier alpha value is -3.85. The summed E-state index contributed by atoms with van der Waals surface area (Å²) in [4.78, 5) is 19.5. The summed E-state index contributed by atoms with van der Waals surface area (Å²) in [7, 11) is 1.60. The lowest BCUT2D eigenvalue weighted by Gasteiger charge is -2.31. The van der Waals surface area contributed by atoms with E-state index in [1.54, 1.807) is 13.2 Å². The summed E-state index contributed by atoms with van der Waals surface area (Å²) in [6.45, 7) is 0.743. The normalized spacial score (nSPS) is 17.6. The van der Waals surface area contributed by atoms with Gasteiger partial charge in [0, 0.05) is 41.1 Å². The molecule has 0 spiro atoms. The zero-order valence-corrected chi connectivity index (χ0v) is 26.0. The van der Waals surface area contributed by atoms with Gasteiger partial charge in [0.1, 0.15) is 11.5 Å². The minimum atomic E-state index is -1.36. The van der Waals surface area contributed by atoms with E-state index in [4.69, 9.17) is 35.9 Å². The van der Waals surface area contributed by atoms with Crippen molar-refractivity contribution in [1.82, 2.24) is 5.32 Å². The van der Waals surface area contributed by atoms with Gasteiger partial charge >= 0.3 is 0 Å². The molecule has 9 heteroatoms. The molecule has 43 heavy (non-hydrogen) atoms. The van der Waals surface area contributed by atoms with Crippen molar-refractivity contribution in [2.45, 2.75) is 31.0 Å². The smallest absolute Gasteiger partial charge is 0.252 e. The first kappa shape index (κ1) is 30.6. The first-order valence-electron chi connectivity index (χ1n) is 13.9. The summed E-state index contributed by atoms with van der Waals surface area (Å²) < 4.78 is 18.7. The van der Waals surface area contributed by atoms with Gasteiger partial charge < -0.3 is 24.6 Å². The molecule has 1 aliphatic rings. The number of hydrogen-bond donors (Lipinski definition) is 2. The summed E-state index contributed by atoms with van der Waals surface area (Å²) in [5.41, 5.74) is 1.88. The van der Waals surface area contributed by atoms with Crippen molar-refractivity contribution in [3.8, 4) is 11.5 Å². The third-order valence-corrected chi connectivity index (χ3v) is 8.20. The molecule has 0 fully saturated rings. The number of rotatable bonds is 12. The van der Waals surface area contributed by atoms with Crippen LogP contribution >= 0.6 is 27.5 Å². The first-order valence-corrected chi connectivity index (χ1v) is 15.1. The maximum Gasteiger partial charge on any atom is 0.252 e. The van der Waals surface area contributed by atoms with Crippen LogP contribution in [0.1, 0.15) is 34.8 Å². The van der Waals surface area contributed by atoms with E-state index in [2.05, 4.69) is 21.2 Å². The van der Waals surface area contributed by atoms with Gasteiger partial charge in [0.25, 0.3) is 5.91 Å². The van der Waals surface area contributed by atoms with E-state index in [1.165, 1.54) is 0 Å². The van der Waals surface area contributed by atoms with Crippen molar-refractivity contribution in [1.29, 1.82) is 0 Å². The van der Waals surface area contributed by atoms with Crippen molar-refractivity contribution in [3.05, 3.63) is 129 Å². The van der Waals surface area contributed by atoms with Gasteiger partial charge in [0.2, 0.25) is 5.90 Å². The van der Waals surface area contributed by atoms with Crippen LogP contribution in [-0.4, -0.2) is 42.8 Å². The third kappa shape index (κ3) is 7.21. The zero-order chi connectivity index (χ0) is 30.2. The van der Waals surface area contributed by atoms with E-state index < -0.39 is 11.6 Å². The summed E-state index contributed by atoms with van der Waals surface area (Å²) in [6.07, 6.45) is 0.0510. The van der Waals surface area contributed by atoms with Crippen LogP contribution in [0.3, 0.4) is 0 Å². The number of halogens is 2. The molecular weight excluding hydrogens is 632 g/mol. The van der Waals surface area contributed by atoms with Gasteiger partial charge in [-0.15, -0.1) is 0 Å². The Bertz CT molecular complexity index is 1600. The molecule has 0 radical (unpaired) electrons. The number of amides is 1. The predicted molar refractivity (Wildman–Crippen MR) is 171 cm³/mol. The number of aliphatic hydroxyl groups is 1. The van der Waals surface area contributed by atoms with Crippen molar-refractivity contribution < 1.29 is 24.1 Å². The molecule has 1 heterocycles. The van der Waals surface area contributed by atoms with Crippen LogP contribution in [0.4, 0.5) is 0 Å². The molecule has 4 aromatic carbocycles. The number of benzene rings is 4. The highest BCUT2D eigenvalue weighted by atomic mass is 79.9. The molecule has 0 aliphatic carbocycles. The van der Waals surface area contributed by atoms with Gasteiger partial charge in [-0.05, 0) is 71.3 Å². The Labute approximate surface area is 264 Å². The predicted octanol–water partition coefficient (Wildman–Crippen LogP) is 6.69. The average Bonchev–Trinajstić information content (AvgIpc) is 3.42. The number of aliphatic hydroxyl groups excluding tert-OH is 1. The number of nitrogens with one attached hydrogen (secondary N) is 1.